The molecule has 0 radical (unpaired) electrons. The lowest BCUT2D eigenvalue weighted by atomic mass is 10.1. The minimum absolute atomic E-state index is 0.799. The summed E-state index contributed by atoms with van der Waals surface area (Å²) in [5.41, 5.74) is 3.88. The van der Waals surface area contributed by atoms with Crippen molar-refractivity contribution >= 4 is 0 Å². The van der Waals surface area contributed by atoms with E-state index in [1.54, 1.807) is 12.7 Å². The highest BCUT2D eigenvalue weighted by Gasteiger charge is 1.99. The number of rotatable bonds is 2. The third-order valence-corrected chi connectivity index (χ3v) is 2.30. The van der Waals surface area contributed by atoms with Gasteiger partial charge in [0.15, 0.2) is 0 Å². The van der Waals surface area contributed by atoms with E-state index in [2.05, 4.69) is 42.1 Å². The number of aryl methyl sites for hydroxylation is 2. The van der Waals surface area contributed by atoms with Crippen LogP contribution in [0.5, 0.6) is 0 Å². The monoisotopic (exact) mass is 187 g/mol. The number of hydrogen-bond acceptors (Lipinski definition) is 2. The quantitative estimate of drug-likeness (QED) is 0.719. The molecule has 1 heterocycles. The second-order valence-corrected chi connectivity index (χ2v) is 3.52. The first-order valence-electron chi connectivity index (χ1n) is 4.64. The summed E-state index contributed by atoms with van der Waals surface area (Å²) in [6.07, 6.45) is 3.30. The molecule has 0 bridgehead atoms. The Morgan fingerprint density at radius 3 is 2.86 bits per heavy atom. The van der Waals surface area contributed by atoms with Gasteiger partial charge in [-0.1, -0.05) is 23.8 Å². The second-order valence-electron chi connectivity index (χ2n) is 3.52. The summed E-state index contributed by atoms with van der Waals surface area (Å²) in [6, 6.07) is 6.46. The summed E-state index contributed by atoms with van der Waals surface area (Å²) < 4.78 is 1.84. The third kappa shape index (κ3) is 1.82. The fraction of sp³-hybridized carbons (Fsp3) is 0.273. The molecule has 0 aliphatic carbocycles. The van der Waals surface area contributed by atoms with Crippen LogP contribution in [-0.4, -0.2) is 14.8 Å². The zero-order valence-electron chi connectivity index (χ0n) is 8.44. The van der Waals surface area contributed by atoms with Crippen LogP contribution in [0, 0.1) is 13.8 Å². The minimum Gasteiger partial charge on any atom is -0.249 e. The summed E-state index contributed by atoms with van der Waals surface area (Å²) in [4.78, 5) is 3.92. The van der Waals surface area contributed by atoms with Crippen molar-refractivity contribution in [3.05, 3.63) is 47.5 Å². The zero-order chi connectivity index (χ0) is 9.97. The Morgan fingerprint density at radius 1 is 1.29 bits per heavy atom. The lowest BCUT2D eigenvalue weighted by Crippen LogP contribution is -2.02. The summed E-state index contributed by atoms with van der Waals surface area (Å²) in [6.45, 7) is 5.02. The van der Waals surface area contributed by atoms with Gasteiger partial charge in [-0.15, -0.1) is 0 Å². The van der Waals surface area contributed by atoms with Crippen LogP contribution in [0.3, 0.4) is 0 Å². The maximum absolute atomic E-state index is 4.09. The van der Waals surface area contributed by atoms with Gasteiger partial charge in [0.2, 0.25) is 0 Å². The van der Waals surface area contributed by atoms with E-state index in [9.17, 15) is 0 Å². The maximum Gasteiger partial charge on any atom is 0.137 e. The first-order chi connectivity index (χ1) is 6.75. The second kappa shape index (κ2) is 3.62. The SMILES string of the molecule is Cc1ccc(C)c(Cn2cncn2)c1. The Hall–Kier alpha value is -1.64. The molecule has 0 fully saturated rings. The van der Waals surface area contributed by atoms with E-state index in [1.165, 1.54) is 16.7 Å². The van der Waals surface area contributed by atoms with Gasteiger partial charge in [-0.2, -0.15) is 5.10 Å². The topological polar surface area (TPSA) is 30.7 Å². The van der Waals surface area contributed by atoms with Crippen molar-refractivity contribution in [3.8, 4) is 0 Å². The van der Waals surface area contributed by atoms with Gasteiger partial charge in [-0.3, -0.25) is 0 Å². The highest BCUT2D eigenvalue weighted by atomic mass is 15.3. The normalized spacial score (nSPS) is 10.4. The molecule has 0 N–H and O–H groups in total. The minimum atomic E-state index is 0.799. The zero-order valence-corrected chi connectivity index (χ0v) is 8.44. The van der Waals surface area contributed by atoms with Crippen molar-refractivity contribution < 1.29 is 0 Å². The van der Waals surface area contributed by atoms with Crippen LogP contribution in [0.2, 0.25) is 0 Å². The predicted octanol–water partition coefficient (Wildman–Crippen LogP) is 1.94. The molecule has 0 atom stereocenters. The average molecular weight is 187 g/mol. The average Bonchev–Trinajstić information content (AvgIpc) is 2.64. The van der Waals surface area contributed by atoms with Crippen LogP contribution in [0.15, 0.2) is 30.9 Å². The molecule has 2 aromatic rings. The van der Waals surface area contributed by atoms with Crippen LogP contribution in [0.4, 0.5) is 0 Å². The number of hydrogen-bond donors (Lipinski definition) is 0. The van der Waals surface area contributed by atoms with Gasteiger partial charge < -0.3 is 0 Å². The van der Waals surface area contributed by atoms with Crippen molar-refractivity contribution in [2.24, 2.45) is 0 Å². The van der Waals surface area contributed by atoms with Gasteiger partial charge in [0.05, 0.1) is 6.54 Å². The first kappa shape index (κ1) is 8.94. The van der Waals surface area contributed by atoms with Crippen molar-refractivity contribution in [3.63, 3.8) is 0 Å². The third-order valence-electron chi connectivity index (χ3n) is 2.30. The number of nitrogens with zero attached hydrogens (tertiary/aromatic N) is 3. The summed E-state index contributed by atoms with van der Waals surface area (Å²) >= 11 is 0. The predicted molar refractivity (Wildman–Crippen MR) is 55.0 cm³/mol. The van der Waals surface area contributed by atoms with E-state index in [1.807, 2.05) is 4.68 Å². The van der Waals surface area contributed by atoms with Gasteiger partial charge in [-0.25, -0.2) is 9.67 Å². The summed E-state index contributed by atoms with van der Waals surface area (Å²) in [7, 11) is 0. The largest absolute Gasteiger partial charge is 0.249 e. The van der Waals surface area contributed by atoms with Gasteiger partial charge >= 0.3 is 0 Å². The number of aromatic nitrogens is 3. The smallest absolute Gasteiger partial charge is 0.137 e. The van der Waals surface area contributed by atoms with E-state index in [0.717, 1.165) is 6.54 Å². The van der Waals surface area contributed by atoms with E-state index < -0.39 is 0 Å². The van der Waals surface area contributed by atoms with Gasteiger partial charge in [-0.05, 0) is 25.0 Å². The molecular formula is C11H13N3. The van der Waals surface area contributed by atoms with E-state index in [4.69, 9.17) is 0 Å². The van der Waals surface area contributed by atoms with E-state index in [-0.39, 0.29) is 0 Å². The Bertz CT molecular complexity index is 418. The van der Waals surface area contributed by atoms with E-state index >= 15 is 0 Å². The molecule has 1 aromatic carbocycles. The highest BCUT2D eigenvalue weighted by Crippen LogP contribution is 2.11. The molecule has 72 valence electrons. The van der Waals surface area contributed by atoms with Gasteiger partial charge in [0.25, 0.3) is 0 Å². The Kier molecular flexibility index (Phi) is 2.31. The Labute approximate surface area is 83.4 Å². The fourth-order valence-corrected chi connectivity index (χ4v) is 1.46. The lowest BCUT2D eigenvalue weighted by Gasteiger charge is -2.06. The maximum atomic E-state index is 4.09. The molecule has 0 aliphatic rings. The summed E-state index contributed by atoms with van der Waals surface area (Å²) in [5.74, 6) is 0. The molecular weight excluding hydrogens is 174 g/mol. The van der Waals surface area contributed by atoms with Crippen molar-refractivity contribution in [2.75, 3.05) is 0 Å². The van der Waals surface area contributed by atoms with Crippen LogP contribution < -0.4 is 0 Å². The van der Waals surface area contributed by atoms with Crippen molar-refractivity contribution in [1.82, 2.24) is 14.8 Å². The highest BCUT2D eigenvalue weighted by molar-refractivity contribution is 5.30. The molecule has 2 rings (SSSR count). The van der Waals surface area contributed by atoms with E-state index in [0.29, 0.717) is 0 Å². The molecule has 0 aliphatic heterocycles. The lowest BCUT2D eigenvalue weighted by molar-refractivity contribution is 0.681. The van der Waals surface area contributed by atoms with Crippen LogP contribution in [0.1, 0.15) is 16.7 Å². The van der Waals surface area contributed by atoms with Gasteiger partial charge in [0.1, 0.15) is 12.7 Å². The van der Waals surface area contributed by atoms with Crippen LogP contribution in [0.25, 0.3) is 0 Å². The van der Waals surface area contributed by atoms with Crippen molar-refractivity contribution in [1.29, 1.82) is 0 Å². The van der Waals surface area contributed by atoms with Crippen LogP contribution >= 0.6 is 0 Å². The summed E-state index contributed by atoms with van der Waals surface area (Å²) in [5, 5.41) is 4.09. The molecule has 1 aromatic heterocycles. The molecule has 0 saturated carbocycles. The van der Waals surface area contributed by atoms with Crippen molar-refractivity contribution in [2.45, 2.75) is 20.4 Å². The Morgan fingerprint density at radius 2 is 2.14 bits per heavy atom. The molecule has 0 unspecified atom stereocenters. The van der Waals surface area contributed by atoms with Gasteiger partial charge in [0, 0.05) is 0 Å². The first-order valence-corrected chi connectivity index (χ1v) is 4.64. The molecule has 3 nitrogen and oxygen atoms in total. The molecule has 14 heavy (non-hydrogen) atoms. The molecule has 3 heteroatoms. The molecule has 0 saturated heterocycles. The Balaban J connectivity index is 2.28. The van der Waals surface area contributed by atoms with Crippen LogP contribution in [-0.2, 0) is 6.54 Å². The molecule has 0 amide bonds. The fourth-order valence-electron chi connectivity index (χ4n) is 1.46. The number of benzene rings is 1. The molecule has 0 spiro atoms. The standard InChI is InChI=1S/C11H13N3/c1-9-3-4-10(2)11(5-9)6-14-8-12-7-13-14/h3-5,7-8H,6H2,1-2H3.